The molecule has 1 aromatic rings. The van der Waals surface area contributed by atoms with Crippen molar-refractivity contribution in [1.82, 2.24) is 4.90 Å². The summed E-state index contributed by atoms with van der Waals surface area (Å²) in [7, 11) is 2.04. The standard InChI is InChI=1S/C26H35N3O4S3/c1-6-7-9-15-10-8-11-18(30)19(15)21-27-16(12-34-21)22-29(5)17(13-35-22)20(31)25(2,3)23-28-26(4,14-36-23)24(32)33/h6,8,10-11,16-17,20,22,30-31H,1,7,9,12-14H2,2-5H3,(H,32,33)/t16-,17+,20-,22-,26-/m1/s1. The van der Waals surface area contributed by atoms with Crippen molar-refractivity contribution in [3.63, 3.8) is 0 Å². The van der Waals surface area contributed by atoms with Crippen LogP contribution in [0.5, 0.6) is 5.75 Å². The number of carboxylic acids is 1. The van der Waals surface area contributed by atoms with Crippen LogP contribution in [0.4, 0.5) is 0 Å². The van der Waals surface area contributed by atoms with Crippen molar-refractivity contribution in [3.8, 4) is 5.75 Å². The number of aryl methyl sites for hydroxylation is 1. The molecule has 0 radical (unpaired) electrons. The molecule has 1 aromatic carbocycles. The molecule has 5 atom stereocenters. The van der Waals surface area contributed by atoms with E-state index in [1.54, 1.807) is 36.5 Å². The molecule has 4 rings (SSSR count). The van der Waals surface area contributed by atoms with Crippen molar-refractivity contribution in [3.05, 3.63) is 42.0 Å². The average molecular weight is 550 g/mol. The van der Waals surface area contributed by atoms with E-state index in [1.807, 2.05) is 39.1 Å². The lowest BCUT2D eigenvalue weighted by atomic mass is 9.83. The van der Waals surface area contributed by atoms with Gasteiger partial charge in [0, 0.05) is 28.7 Å². The minimum Gasteiger partial charge on any atom is -0.507 e. The molecular weight excluding hydrogens is 515 g/mol. The maximum atomic E-state index is 11.7. The average Bonchev–Trinajstić information content (AvgIpc) is 3.56. The number of aliphatic hydroxyl groups excluding tert-OH is 1. The second-order valence-corrected chi connectivity index (χ2v) is 13.5. The summed E-state index contributed by atoms with van der Waals surface area (Å²) in [4.78, 5) is 23.4. The Balaban J connectivity index is 1.50. The Morgan fingerprint density at radius 3 is 2.78 bits per heavy atom. The lowest BCUT2D eigenvalue weighted by Crippen LogP contribution is -2.51. The van der Waals surface area contributed by atoms with Crippen LogP contribution < -0.4 is 0 Å². The lowest BCUT2D eigenvalue weighted by molar-refractivity contribution is -0.141. The zero-order valence-electron chi connectivity index (χ0n) is 21.2. The van der Waals surface area contributed by atoms with Gasteiger partial charge in [0.25, 0.3) is 0 Å². The van der Waals surface area contributed by atoms with E-state index in [1.165, 1.54) is 11.8 Å². The summed E-state index contributed by atoms with van der Waals surface area (Å²) >= 11 is 4.91. The first-order valence-electron chi connectivity index (χ1n) is 12.1. The molecule has 3 N–H and O–H groups in total. The number of aliphatic carboxylic acids is 1. The fraction of sp³-hybridized carbons (Fsp3) is 0.577. The highest BCUT2D eigenvalue weighted by atomic mass is 32.2. The second kappa shape index (κ2) is 10.7. The molecule has 0 unspecified atom stereocenters. The van der Waals surface area contributed by atoms with Gasteiger partial charge in [-0.15, -0.1) is 41.9 Å². The summed E-state index contributed by atoms with van der Waals surface area (Å²) in [5.41, 5.74) is 0.0942. The number of aliphatic hydroxyl groups is 1. The number of phenolic OH excluding ortho intramolecular Hbond substituents is 1. The van der Waals surface area contributed by atoms with E-state index in [4.69, 9.17) is 4.99 Å². The zero-order valence-corrected chi connectivity index (χ0v) is 23.6. The number of hydrogen-bond donors (Lipinski definition) is 3. The van der Waals surface area contributed by atoms with Crippen LogP contribution in [0.1, 0.15) is 38.3 Å². The van der Waals surface area contributed by atoms with Gasteiger partial charge >= 0.3 is 5.97 Å². The highest BCUT2D eigenvalue weighted by Crippen LogP contribution is 2.44. The number of rotatable bonds is 9. The normalized spacial score (nSPS) is 29.8. The number of hydrogen-bond acceptors (Lipinski definition) is 9. The van der Waals surface area contributed by atoms with Gasteiger partial charge in [-0.05, 0) is 38.4 Å². The molecule has 0 saturated carbocycles. The van der Waals surface area contributed by atoms with E-state index >= 15 is 0 Å². The van der Waals surface area contributed by atoms with Crippen LogP contribution >= 0.6 is 35.3 Å². The number of thioether (sulfide) groups is 3. The first-order valence-corrected chi connectivity index (χ1v) is 15.1. The van der Waals surface area contributed by atoms with Crippen LogP contribution in [0.2, 0.25) is 0 Å². The Morgan fingerprint density at radius 2 is 2.11 bits per heavy atom. The first-order chi connectivity index (χ1) is 17.0. The Morgan fingerprint density at radius 1 is 1.36 bits per heavy atom. The molecule has 196 valence electrons. The molecule has 3 heterocycles. The van der Waals surface area contributed by atoms with E-state index < -0.39 is 23.0 Å². The number of phenols is 1. The van der Waals surface area contributed by atoms with Gasteiger partial charge in [-0.2, -0.15) is 0 Å². The predicted molar refractivity (Wildman–Crippen MR) is 153 cm³/mol. The number of likely N-dealkylation sites (N-methyl/N-ethyl adjacent to an activating group) is 1. The molecule has 3 aliphatic rings. The molecule has 1 fully saturated rings. The van der Waals surface area contributed by atoms with E-state index in [0.717, 1.165) is 40.5 Å². The SMILES string of the molecule is C=CCCc1cccc(O)c1C1=N[C@@H]([C@H]2SC[C@@H]([C@@H](O)C(C)(C)C3=N[C@@](C)(C(=O)O)CS3)N2C)CS1. The Kier molecular flexibility index (Phi) is 8.22. The Bertz CT molecular complexity index is 1090. The minimum absolute atomic E-state index is 0.0423. The highest BCUT2D eigenvalue weighted by molar-refractivity contribution is 8.15. The third-order valence-corrected chi connectivity index (χ3v) is 11.5. The number of benzene rings is 1. The van der Waals surface area contributed by atoms with Crippen LogP contribution in [0, 0.1) is 5.41 Å². The smallest absolute Gasteiger partial charge is 0.332 e. The Hall–Kier alpha value is -1.46. The van der Waals surface area contributed by atoms with Crippen LogP contribution in [-0.4, -0.2) is 89.7 Å². The molecule has 0 spiro atoms. The molecule has 36 heavy (non-hydrogen) atoms. The largest absolute Gasteiger partial charge is 0.507 e. The van der Waals surface area contributed by atoms with Gasteiger partial charge in [-0.1, -0.05) is 32.1 Å². The number of allylic oxidation sites excluding steroid dienone is 1. The van der Waals surface area contributed by atoms with Crippen molar-refractivity contribution < 1.29 is 20.1 Å². The van der Waals surface area contributed by atoms with Crippen molar-refractivity contribution in [2.45, 2.75) is 62.7 Å². The third-order valence-electron chi connectivity index (χ3n) is 7.28. The molecule has 3 aliphatic heterocycles. The summed E-state index contributed by atoms with van der Waals surface area (Å²) < 4.78 is 0. The molecule has 7 nitrogen and oxygen atoms in total. The quantitative estimate of drug-likeness (QED) is 0.395. The third kappa shape index (κ3) is 5.12. The van der Waals surface area contributed by atoms with Gasteiger partial charge < -0.3 is 15.3 Å². The predicted octanol–water partition coefficient (Wildman–Crippen LogP) is 4.12. The summed E-state index contributed by atoms with van der Waals surface area (Å²) in [6.45, 7) is 9.35. The molecule has 0 bridgehead atoms. The number of carbonyl (C=O) groups is 1. The molecule has 0 aliphatic carbocycles. The monoisotopic (exact) mass is 549 g/mol. The first kappa shape index (κ1) is 27.6. The summed E-state index contributed by atoms with van der Waals surface area (Å²) in [6, 6.07) is 5.56. The summed E-state index contributed by atoms with van der Waals surface area (Å²) in [5.74, 6) is 1.28. The molecule has 1 saturated heterocycles. The topological polar surface area (TPSA) is 106 Å². The van der Waals surface area contributed by atoms with Crippen LogP contribution in [0.3, 0.4) is 0 Å². The Labute approximate surface area is 225 Å². The lowest BCUT2D eigenvalue weighted by Gasteiger charge is -2.38. The van der Waals surface area contributed by atoms with E-state index in [2.05, 4.69) is 16.5 Å². The number of carboxylic acid groups (broad SMARTS) is 1. The molecular formula is C26H35N3O4S3. The number of aliphatic imine (C=N–C) groups is 2. The fourth-order valence-electron chi connectivity index (χ4n) is 4.83. The molecule has 10 heteroatoms. The maximum absolute atomic E-state index is 11.7. The second-order valence-electron chi connectivity index (χ2n) is 10.4. The zero-order chi connectivity index (χ0) is 26.3. The van der Waals surface area contributed by atoms with E-state index in [9.17, 15) is 20.1 Å². The van der Waals surface area contributed by atoms with Gasteiger partial charge in [0.2, 0.25) is 0 Å². The van der Waals surface area contributed by atoms with Crippen molar-refractivity contribution >= 4 is 51.3 Å². The van der Waals surface area contributed by atoms with Crippen LogP contribution in [0.25, 0.3) is 0 Å². The number of aromatic hydroxyl groups is 1. The molecule has 0 amide bonds. The van der Waals surface area contributed by atoms with Gasteiger partial charge in [0.05, 0.1) is 28.1 Å². The van der Waals surface area contributed by atoms with Crippen LogP contribution in [0.15, 0.2) is 40.8 Å². The summed E-state index contributed by atoms with van der Waals surface area (Å²) in [6.07, 6.45) is 2.82. The van der Waals surface area contributed by atoms with Gasteiger partial charge in [-0.3, -0.25) is 14.9 Å². The van der Waals surface area contributed by atoms with Crippen LogP contribution in [-0.2, 0) is 11.2 Å². The van der Waals surface area contributed by atoms with E-state index in [0.29, 0.717) is 10.8 Å². The van der Waals surface area contributed by atoms with Gasteiger partial charge in [-0.25, -0.2) is 4.79 Å². The van der Waals surface area contributed by atoms with Crippen molar-refractivity contribution in [2.24, 2.45) is 15.4 Å². The highest BCUT2D eigenvalue weighted by Gasteiger charge is 2.50. The van der Waals surface area contributed by atoms with Crippen molar-refractivity contribution in [1.29, 1.82) is 0 Å². The number of nitrogens with zero attached hydrogens (tertiary/aromatic N) is 3. The summed E-state index contributed by atoms with van der Waals surface area (Å²) in [5, 5.41) is 33.3. The van der Waals surface area contributed by atoms with Crippen molar-refractivity contribution in [2.75, 3.05) is 24.3 Å². The van der Waals surface area contributed by atoms with Gasteiger partial charge in [0.1, 0.15) is 10.8 Å². The fourth-order valence-corrected chi connectivity index (χ4v) is 9.08. The van der Waals surface area contributed by atoms with E-state index in [-0.39, 0.29) is 23.2 Å². The molecule has 0 aromatic heterocycles. The maximum Gasteiger partial charge on any atom is 0.332 e. The van der Waals surface area contributed by atoms with Gasteiger partial charge in [0.15, 0.2) is 5.54 Å². The minimum atomic E-state index is -1.14.